The molecular weight excluding hydrogens is 2030 g/mol. The molecule has 18 rings (SSSR count). The monoisotopic (exact) mass is 2100 g/mol. The predicted octanol–water partition coefficient (Wildman–Crippen LogP) is 11.0. The van der Waals surface area contributed by atoms with Crippen molar-refractivity contribution >= 4 is 174 Å². The van der Waals surface area contributed by atoms with Crippen LogP contribution in [-0.2, 0) is 89.3 Å². The van der Waals surface area contributed by atoms with E-state index in [2.05, 4.69) is 61.5 Å². The number of aromatic amines is 2. The molecule has 0 radical (unpaired) electrons. The number of benzene rings is 10. The second kappa shape index (κ2) is 43.4. The van der Waals surface area contributed by atoms with Crippen molar-refractivity contribution in [1.29, 1.82) is 0 Å². The third-order valence-corrected chi connectivity index (χ3v) is 26.5. The quantitative estimate of drug-likeness (QED) is 0.0177. The molecule has 0 amide bonds. The minimum atomic E-state index is -5.07. The number of rotatable bonds is 26. The lowest BCUT2D eigenvalue weighted by molar-refractivity contribution is 0.102. The molecule has 10 aromatic carbocycles. The van der Waals surface area contributed by atoms with Gasteiger partial charge in [-0.25, -0.2) is 0 Å². The van der Waals surface area contributed by atoms with Crippen LogP contribution in [0.1, 0.15) is 133 Å². The first kappa shape index (κ1) is 103. The second-order valence-corrected chi connectivity index (χ2v) is 39.2. The Morgan fingerprint density at radius 2 is 0.776 bits per heavy atom. The first-order valence-corrected chi connectivity index (χ1v) is 51.6. The van der Waals surface area contributed by atoms with Gasteiger partial charge in [-0.05, 0) is 196 Å². The fourth-order valence-corrected chi connectivity index (χ4v) is 19.5. The number of ether oxygens (including phenoxy) is 2. The summed E-state index contributed by atoms with van der Waals surface area (Å²) >= 11 is 0. The van der Waals surface area contributed by atoms with Gasteiger partial charge in [-0.1, -0.05) is 109 Å². The summed E-state index contributed by atoms with van der Waals surface area (Å²) in [4.78, 5) is 118. The van der Waals surface area contributed by atoms with Gasteiger partial charge in [0.2, 0.25) is 17.8 Å². The summed E-state index contributed by atoms with van der Waals surface area (Å²) in [5, 5.41) is 16.6. The normalized spacial score (nSPS) is 15.0. The minimum Gasteiger partial charge on any atom is -0.424 e. The molecule has 14 aromatic rings. The maximum absolute atomic E-state index is 14.9. The smallest absolute Gasteiger partial charge is 0.424 e. The Morgan fingerprint density at radius 1 is 0.364 bits per heavy atom. The highest BCUT2D eigenvalue weighted by atomic mass is 32.2. The number of nitrogens with zero attached hydrogens (tertiary/aromatic N) is 6. The highest BCUT2D eigenvalue weighted by Gasteiger charge is 2.38. The van der Waals surface area contributed by atoms with Crippen molar-refractivity contribution in [2.24, 2.45) is 11.8 Å². The van der Waals surface area contributed by atoms with E-state index < -0.39 is 142 Å². The Bertz CT molecular complexity index is 8540. The average molecular weight is 2100 g/mol. The van der Waals surface area contributed by atoms with Crippen molar-refractivity contribution < 1.29 is 131 Å². The highest BCUT2D eigenvalue weighted by Crippen LogP contribution is 2.48. The standard InChI is InChI=1S/C90H71N13O20S4.4O3S/c104-80(49-12-3-1-4-13-49)78-72-60-18-7-9-20-62(60)82(106)76-66(38-36-64(74(72)76)96-84(78)108)91-54-30-40-69(126(116,117)118)51(43-54)45-71-98-86(101-89(99-71)122-56-15-5-2-6-16-56)92-52-26-22-47(23-27-52)42-48-24-28-53(29-25-48)93-87-100-88(103-90(102-87)123-57-32-34-58(35-33-57)124(110,111)112)94-55-31-41-70(127(119,120)121)68(46-55)95-67-39-37-65-75-73(61-19-8-10-21-63(61)83(107)77(67)75)79(85(109)97-65)81(105)50-14-11-17-59(44-50)125(113,114)115;4*1-4(2)3/h1-21,30-41,43-44,46-48,52-53,91,95H,22-29,42,45H2,(H,96,108)(H,97,109)(H,110,111,112)(H,113,114,115)(H,116,117,118)(H,119,120,121)(H,92,98,99,101)(H2,93,94,100,102,103);;;;. The summed E-state index contributed by atoms with van der Waals surface area (Å²) in [6, 6.07) is 52.2. The zero-order valence-corrected chi connectivity index (χ0v) is 79.4. The van der Waals surface area contributed by atoms with Gasteiger partial charge in [0, 0.05) is 85.1 Å². The van der Waals surface area contributed by atoms with E-state index in [9.17, 15) is 80.6 Å². The molecule has 0 spiro atoms. The Morgan fingerprint density at radius 3 is 1.26 bits per heavy atom. The molecular formula is C90H71N13O32S8. The van der Waals surface area contributed by atoms with Crippen LogP contribution in [0.4, 0.5) is 46.3 Å². The van der Waals surface area contributed by atoms with Gasteiger partial charge < -0.3 is 46.0 Å². The van der Waals surface area contributed by atoms with E-state index in [1.165, 1.54) is 78.9 Å². The number of carbonyl (C=O) groups excluding carboxylic acids is 4. The lowest BCUT2D eigenvalue weighted by Gasteiger charge is -2.34. The van der Waals surface area contributed by atoms with Crippen LogP contribution in [-0.4, -0.2) is 177 Å². The number of carbonyl (C=O) groups is 4. The number of anilines is 8. The summed E-state index contributed by atoms with van der Waals surface area (Å²) in [7, 11) is -31.8. The maximum Gasteiger partial charge on any atom is 0.425 e. The molecule has 4 heterocycles. The number of hydrogen-bond donors (Lipinski definition) is 11. The Kier molecular flexibility index (Phi) is 31.2. The summed E-state index contributed by atoms with van der Waals surface area (Å²) in [6.45, 7) is 0. The molecule has 0 bridgehead atoms. The summed E-state index contributed by atoms with van der Waals surface area (Å²) in [5.74, 6) is -1.26. The van der Waals surface area contributed by atoms with Crippen molar-refractivity contribution in [1.82, 2.24) is 39.9 Å². The summed E-state index contributed by atoms with van der Waals surface area (Å²) in [6.07, 6.45) is 6.89. The highest BCUT2D eigenvalue weighted by molar-refractivity contribution is 7.86. The largest absolute Gasteiger partial charge is 0.425 e. The van der Waals surface area contributed by atoms with Crippen LogP contribution in [0.2, 0.25) is 0 Å². The zero-order valence-electron chi connectivity index (χ0n) is 72.8. The molecule has 2 fully saturated rings. The minimum absolute atomic E-state index is 0.0114. The van der Waals surface area contributed by atoms with Gasteiger partial charge in [-0.3, -0.25) is 47.0 Å². The average Bonchev–Trinajstić information content (AvgIpc) is 0.713. The third kappa shape index (κ3) is 25.1. The molecule has 4 aromatic heterocycles. The molecule has 0 saturated heterocycles. The fourth-order valence-electron chi connectivity index (χ4n) is 17.2. The van der Waals surface area contributed by atoms with Crippen molar-refractivity contribution in [3.8, 4) is 45.8 Å². The SMILES string of the molecule is O=C(c1ccccc1)c1c2c3c(c(Nc4ccc(S(=O)(=O)O)c(Cc5nc(NC6CCC(CC7CCC(Nc8nc(Nc9ccc(S(=O)(=O)O)c(Nc%10ccc%11[nH]c(=O)c(C(=O)c%12cccc(S(=O)(=O)O)c%12)c%12c%11c%10C(=O)c%10ccccc%10-%12)c9)nc(Oc9ccc(S(=O)(=O)O)cc9)n8)CC7)CC6)nc(Oc6ccccc6)n5)c4)ccc3[nH]c1=O)C(=O)c1ccccc1-2.O=S(=O)=O.O=S(=O)=O.O=S(=O)=O.O=S(=O)=O. The van der Waals surface area contributed by atoms with Crippen molar-refractivity contribution in [3.05, 3.63) is 295 Å². The number of fused-ring (bicyclic) bond motifs is 4. The Hall–Kier alpha value is -16.0. The molecule has 2 saturated carbocycles. The zero-order chi connectivity index (χ0) is 103. The number of para-hydroxylation sites is 1. The molecule has 45 nitrogen and oxygen atoms in total. The van der Waals surface area contributed by atoms with Crippen LogP contribution in [0, 0.1) is 11.8 Å². The van der Waals surface area contributed by atoms with Gasteiger partial charge >= 0.3 is 54.5 Å². The molecule has 736 valence electrons. The molecule has 53 heteroatoms. The number of ketones is 4. The fraction of sp³-hybridized carbons (Fsp3) is 0.156. The molecule has 0 aliphatic heterocycles. The second-order valence-electron chi connectivity index (χ2n) is 31.9. The van der Waals surface area contributed by atoms with E-state index in [1.54, 1.807) is 103 Å². The van der Waals surface area contributed by atoms with Crippen molar-refractivity contribution in [3.63, 3.8) is 0 Å². The van der Waals surface area contributed by atoms with Crippen molar-refractivity contribution in [2.45, 2.75) is 95.9 Å². The molecule has 4 aliphatic rings. The molecule has 143 heavy (non-hydrogen) atoms. The lowest BCUT2D eigenvalue weighted by atomic mass is 9.75. The molecule has 4 aliphatic carbocycles. The van der Waals surface area contributed by atoms with Crippen LogP contribution in [0.5, 0.6) is 23.5 Å². The van der Waals surface area contributed by atoms with E-state index in [4.69, 9.17) is 65.0 Å². The first-order valence-electron chi connectivity index (χ1n) is 41.9. The number of H-pyrrole nitrogens is 2. The number of pyridine rings is 2. The first-order chi connectivity index (χ1) is 67.8. The van der Waals surface area contributed by atoms with Gasteiger partial charge in [-0.15, -0.1) is 50.5 Å². The topological polar surface area (TPSA) is 712 Å². The Labute approximate surface area is 814 Å². The van der Waals surface area contributed by atoms with Gasteiger partial charge in [0.15, 0.2) is 23.1 Å². The van der Waals surface area contributed by atoms with Gasteiger partial charge in [0.25, 0.3) is 51.6 Å². The van der Waals surface area contributed by atoms with Gasteiger partial charge in [0.05, 0.1) is 54.0 Å². The molecule has 0 unspecified atom stereocenters. The third-order valence-electron chi connectivity index (χ3n) is 22.9. The van der Waals surface area contributed by atoms with E-state index in [-0.39, 0.29) is 155 Å². The Balaban J connectivity index is 0.000000945. The van der Waals surface area contributed by atoms with Crippen LogP contribution >= 0.6 is 0 Å². The summed E-state index contributed by atoms with van der Waals surface area (Å²) in [5.41, 5.74) is -0.310. The maximum atomic E-state index is 14.9. The van der Waals surface area contributed by atoms with Crippen LogP contribution < -0.4 is 47.2 Å². The van der Waals surface area contributed by atoms with Crippen LogP contribution in [0.15, 0.2) is 248 Å². The number of nitrogens with one attached hydrogen (secondary N) is 7. The van der Waals surface area contributed by atoms with Gasteiger partial charge in [-0.2, -0.15) is 63.6 Å². The van der Waals surface area contributed by atoms with E-state index in [1.807, 2.05) is 6.07 Å². The van der Waals surface area contributed by atoms with E-state index >= 15 is 0 Å². The molecule has 11 N–H and O–H groups in total. The van der Waals surface area contributed by atoms with Crippen molar-refractivity contribution in [2.75, 3.05) is 26.6 Å². The summed E-state index contributed by atoms with van der Waals surface area (Å²) < 4.78 is 256. The number of hydrogen-bond acceptors (Lipinski definition) is 39. The predicted molar refractivity (Wildman–Crippen MR) is 506 cm³/mol. The number of aromatic nitrogens is 8. The van der Waals surface area contributed by atoms with E-state index in [0.717, 1.165) is 75.3 Å². The van der Waals surface area contributed by atoms with Crippen LogP contribution in [0.3, 0.4) is 0 Å². The van der Waals surface area contributed by atoms with Crippen LogP contribution in [0.25, 0.3) is 44.1 Å². The lowest BCUT2D eigenvalue weighted by Crippen LogP contribution is -2.30. The van der Waals surface area contributed by atoms with Gasteiger partial charge in [0.1, 0.15) is 22.2 Å². The molecule has 0 atom stereocenters. The van der Waals surface area contributed by atoms with E-state index in [0.29, 0.717) is 52.6 Å².